The molecule has 4 heterocycles. The van der Waals surface area contributed by atoms with E-state index >= 15 is 0 Å². The van der Waals surface area contributed by atoms with Gasteiger partial charge in [-0.05, 0) is 60.2 Å². The van der Waals surface area contributed by atoms with Crippen molar-refractivity contribution < 1.29 is 2.74 Å². The first-order valence-electron chi connectivity index (χ1n) is 11.7. The van der Waals surface area contributed by atoms with Gasteiger partial charge in [-0.2, -0.15) is 0 Å². The highest BCUT2D eigenvalue weighted by Gasteiger charge is 2.23. The lowest BCUT2D eigenvalue weighted by atomic mass is 9.95. The molecule has 1 aliphatic rings. The second kappa shape index (κ2) is 8.59. The summed E-state index contributed by atoms with van der Waals surface area (Å²) < 4.78 is 18.3. The molecule has 0 radical (unpaired) electrons. The number of aromatic amines is 1. The third kappa shape index (κ3) is 3.77. The van der Waals surface area contributed by atoms with E-state index in [2.05, 4.69) is 42.0 Å². The van der Waals surface area contributed by atoms with Crippen molar-refractivity contribution in [2.75, 3.05) is 11.4 Å². The minimum atomic E-state index is -1.67. The van der Waals surface area contributed by atoms with Gasteiger partial charge in [0.15, 0.2) is 0 Å². The molecule has 0 saturated carbocycles. The first-order chi connectivity index (χ1) is 15.7. The molecule has 0 bridgehead atoms. The Bertz CT molecular complexity index is 1380. The summed E-state index contributed by atoms with van der Waals surface area (Å²) in [6, 6.07) is 10.3. The Labute approximate surface area is 198 Å². The van der Waals surface area contributed by atoms with Crippen LogP contribution < -0.4 is 4.90 Å². The van der Waals surface area contributed by atoms with Gasteiger partial charge in [0.25, 0.3) is 0 Å². The SMILES string of the molecule is C.[2H]C1([2H])c2c(C)cc(-c3c(Cl)cnc4[nH]ccc34)nc2CCN1c1cc(C(C)C)ccc1C. The highest BCUT2D eigenvalue weighted by molar-refractivity contribution is 6.34. The quantitative estimate of drug-likeness (QED) is 0.360. The number of pyridine rings is 2. The van der Waals surface area contributed by atoms with Crippen LogP contribution in [0.1, 0.15) is 57.9 Å². The molecule has 4 aromatic rings. The molecule has 0 aliphatic carbocycles. The van der Waals surface area contributed by atoms with Gasteiger partial charge in [-0.25, -0.2) is 4.98 Å². The molecule has 0 amide bonds. The molecule has 0 unspecified atom stereocenters. The Hall–Kier alpha value is -2.85. The predicted octanol–water partition coefficient (Wildman–Crippen LogP) is 7.22. The number of hydrogen-bond donors (Lipinski definition) is 1. The number of nitrogens with zero attached hydrogens (tertiary/aromatic N) is 3. The Morgan fingerprint density at radius 3 is 2.75 bits per heavy atom. The summed E-state index contributed by atoms with van der Waals surface area (Å²) in [4.78, 5) is 14.3. The average molecular weight is 449 g/mol. The van der Waals surface area contributed by atoms with Gasteiger partial charge in [0.2, 0.25) is 0 Å². The summed E-state index contributed by atoms with van der Waals surface area (Å²) in [7, 11) is 0. The number of aryl methyl sites for hydroxylation is 2. The van der Waals surface area contributed by atoms with Crippen LogP contribution in [0.15, 0.2) is 42.7 Å². The van der Waals surface area contributed by atoms with E-state index in [0.717, 1.165) is 44.8 Å². The number of hydrogen-bond acceptors (Lipinski definition) is 3. The number of H-pyrrole nitrogens is 1. The van der Waals surface area contributed by atoms with E-state index in [9.17, 15) is 0 Å². The standard InChI is InChI=1S/C26H27ClN4.CH4/c1-15(2)18-6-5-16(3)24(12-18)31-10-8-22-20(14-31)17(4)11-23(30-22)25-19-7-9-28-26(19)29-13-21(25)27;/h5-7,9,11-13,15H,8,10,14H2,1-4H3,(H,28,29);1H4/i14D2;. The van der Waals surface area contributed by atoms with Crippen LogP contribution in [-0.2, 0) is 12.9 Å². The van der Waals surface area contributed by atoms with E-state index in [1.54, 1.807) is 6.20 Å². The number of benzene rings is 1. The van der Waals surface area contributed by atoms with E-state index in [-0.39, 0.29) is 7.43 Å². The van der Waals surface area contributed by atoms with Crippen LogP contribution in [0.25, 0.3) is 22.3 Å². The monoisotopic (exact) mass is 448 g/mol. The molecule has 166 valence electrons. The van der Waals surface area contributed by atoms with Crippen LogP contribution in [0.3, 0.4) is 0 Å². The molecule has 1 aromatic carbocycles. The minimum absolute atomic E-state index is 0. The van der Waals surface area contributed by atoms with E-state index in [0.29, 0.717) is 29.5 Å². The molecule has 0 atom stereocenters. The smallest absolute Gasteiger partial charge is 0.138 e. The summed E-state index contributed by atoms with van der Waals surface area (Å²) in [6.45, 7) is 7.22. The lowest BCUT2D eigenvalue weighted by Gasteiger charge is -2.33. The van der Waals surface area contributed by atoms with Crippen LogP contribution in [0.2, 0.25) is 5.02 Å². The third-order valence-electron chi connectivity index (χ3n) is 6.10. The fourth-order valence-corrected chi connectivity index (χ4v) is 4.56. The predicted molar refractivity (Wildman–Crippen MR) is 136 cm³/mol. The molecule has 0 saturated heterocycles. The van der Waals surface area contributed by atoms with E-state index < -0.39 is 6.50 Å². The van der Waals surface area contributed by atoms with Crippen molar-refractivity contribution in [1.29, 1.82) is 0 Å². The molecular weight excluding hydrogens is 416 g/mol. The Kier molecular flexibility index (Phi) is 5.32. The largest absolute Gasteiger partial charge is 0.367 e. The molecule has 3 aromatic heterocycles. The number of halogens is 1. The summed E-state index contributed by atoms with van der Waals surface area (Å²) in [5.74, 6) is 0.383. The molecule has 32 heavy (non-hydrogen) atoms. The maximum atomic E-state index is 9.15. The second-order valence-electron chi connectivity index (χ2n) is 8.58. The zero-order chi connectivity index (χ0) is 23.5. The Morgan fingerprint density at radius 2 is 1.97 bits per heavy atom. The molecule has 0 fully saturated rings. The van der Waals surface area contributed by atoms with Gasteiger partial charge in [-0.1, -0.05) is 45.0 Å². The summed E-state index contributed by atoms with van der Waals surface area (Å²) in [5.41, 5.74) is 7.90. The Balaban J connectivity index is 0.00000274. The first-order valence-corrected chi connectivity index (χ1v) is 11.1. The van der Waals surface area contributed by atoms with Crippen LogP contribution in [0.5, 0.6) is 0 Å². The van der Waals surface area contributed by atoms with E-state index in [1.165, 1.54) is 5.56 Å². The molecular formula is C27H31ClN4. The van der Waals surface area contributed by atoms with E-state index in [1.807, 2.05) is 37.1 Å². The van der Waals surface area contributed by atoms with Gasteiger partial charge in [0.05, 0.1) is 13.5 Å². The second-order valence-corrected chi connectivity index (χ2v) is 8.99. The van der Waals surface area contributed by atoms with Gasteiger partial charge >= 0.3 is 0 Å². The van der Waals surface area contributed by atoms with Crippen molar-refractivity contribution in [3.63, 3.8) is 0 Å². The molecule has 0 spiro atoms. The van der Waals surface area contributed by atoms with Crippen molar-refractivity contribution in [1.82, 2.24) is 15.0 Å². The Morgan fingerprint density at radius 1 is 1.16 bits per heavy atom. The number of fused-ring (bicyclic) bond motifs is 2. The van der Waals surface area contributed by atoms with Crippen molar-refractivity contribution in [3.8, 4) is 11.3 Å². The average Bonchev–Trinajstić information content (AvgIpc) is 3.22. The number of anilines is 1. The fourth-order valence-electron chi connectivity index (χ4n) is 4.31. The molecule has 4 nitrogen and oxygen atoms in total. The molecule has 1 aliphatic heterocycles. The van der Waals surface area contributed by atoms with Crippen LogP contribution >= 0.6 is 11.6 Å². The maximum absolute atomic E-state index is 9.15. The normalized spacial score (nSPS) is 15.9. The van der Waals surface area contributed by atoms with Gasteiger partial charge < -0.3 is 9.88 Å². The van der Waals surface area contributed by atoms with Gasteiger partial charge in [-0.15, -0.1) is 0 Å². The van der Waals surface area contributed by atoms with Crippen molar-refractivity contribution in [2.24, 2.45) is 0 Å². The highest BCUT2D eigenvalue weighted by Crippen LogP contribution is 2.36. The van der Waals surface area contributed by atoms with Gasteiger partial charge in [-0.3, -0.25) is 4.98 Å². The van der Waals surface area contributed by atoms with Crippen molar-refractivity contribution in [3.05, 3.63) is 75.7 Å². The van der Waals surface area contributed by atoms with Crippen LogP contribution in [0, 0.1) is 13.8 Å². The number of nitrogens with one attached hydrogen (secondary N) is 1. The molecule has 1 N–H and O–H groups in total. The first kappa shape index (κ1) is 19.8. The summed E-state index contributed by atoms with van der Waals surface area (Å²) in [6.07, 6.45) is 4.14. The van der Waals surface area contributed by atoms with E-state index in [4.69, 9.17) is 19.3 Å². The minimum Gasteiger partial charge on any atom is -0.367 e. The number of aromatic nitrogens is 3. The number of rotatable bonds is 3. The highest BCUT2D eigenvalue weighted by atomic mass is 35.5. The van der Waals surface area contributed by atoms with Gasteiger partial charge in [0, 0.05) is 54.2 Å². The lowest BCUT2D eigenvalue weighted by Crippen LogP contribution is -2.32. The maximum Gasteiger partial charge on any atom is 0.138 e. The van der Waals surface area contributed by atoms with Crippen molar-refractivity contribution >= 4 is 28.3 Å². The fraction of sp³-hybridized carbons (Fsp3) is 0.333. The molecule has 5 heteroatoms. The van der Waals surface area contributed by atoms with Gasteiger partial charge in [0.1, 0.15) is 5.65 Å². The van der Waals surface area contributed by atoms with Crippen molar-refractivity contribution in [2.45, 2.75) is 54.0 Å². The lowest BCUT2D eigenvalue weighted by molar-refractivity contribution is 0.705. The zero-order valence-electron chi connectivity index (χ0n) is 20.3. The van der Waals surface area contributed by atoms with Crippen LogP contribution in [0.4, 0.5) is 5.69 Å². The summed E-state index contributed by atoms with van der Waals surface area (Å²) in [5, 5.41) is 1.45. The third-order valence-corrected chi connectivity index (χ3v) is 6.38. The molecule has 5 rings (SSSR count). The zero-order valence-corrected chi connectivity index (χ0v) is 19.0. The van der Waals surface area contributed by atoms with Crippen LogP contribution in [-0.4, -0.2) is 21.5 Å². The summed E-state index contributed by atoms with van der Waals surface area (Å²) >= 11 is 6.55. The topological polar surface area (TPSA) is 44.8 Å².